The lowest BCUT2D eigenvalue weighted by molar-refractivity contribution is 0.475. The summed E-state index contributed by atoms with van der Waals surface area (Å²) in [5.74, 6) is 0.327. The molecule has 0 bridgehead atoms. The van der Waals surface area contributed by atoms with Crippen molar-refractivity contribution in [3.8, 4) is 5.75 Å². The molecular weight excluding hydrogens is 278 g/mol. The van der Waals surface area contributed by atoms with Gasteiger partial charge in [0.05, 0.1) is 0 Å². The van der Waals surface area contributed by atoms with Crippen LogP contribution in [0.2, 0.25) is 0 Å². The first-order valence-corrected chi connectivity index (χ1v) is 10.1. The van der Waals surface area contributed by atoms with E-state index >= 15 is 0 Å². The molecule has 2 N–H and O–H groups in total. The van der Waals surface area contributed by atoms with Crippen LogP contribution in [0.3, 0.4) is 0 Å². The second-order valence-electron chi connectivity index (χ2n) is 6.07. The van der Waals surface area contributed by atoms with Crippen LogP contribution in [-0.2, 0) is 13.0 Å². The van der Waals surface area contributed by atoms with Gasteiger partial charge in [-0.25, -0.2) is 10.0 Å². The molecule has 0 radical (unpaired) electrons. The van der Waals surface area contributed by atoms with Gasteiger partial charge in [0, 0.05) is 6.54 Å². The monoisotopic (exact) mass is 303 g/mol. The van der Waals surface area contributed by atoms with Crippen LogP contribution in [0.5, 0.6) is 5.75 Å². The lowest BCUT2D eigenvalue weighted by atomic mass is 10.1. The molecule has 114 valence electrons. The Morgan fingerprint density at radius 1 is 0.857 bits per heavy atom. The summed E-state index contributed by atoms with van der Waals surface area (Å²) in [6, 6.07) is 16.4. The Bertz CT molecular complexity index is 555. The molecule has 0 aliphatic heterocycles. The molecule has 0 saturated heterocycles. The molecule has 3 heteroatoms. The number of phenols is 1. The highest BCUT2D eigenvalue weighted by molar-refractivity contribution is 8.32. The number of hydrogen-bond donors (Lipinski definition) is 2. The van der Waals surface area contributed by atoms with Crippen LogP contribution in [-0.4, -0.2) is 30.4 Å². The van der Waals surface area contributed by atoms with Crippen LogP contribution in [0, 0.1) is 0 Å². The second kappa shape index (κ2) is 7.01. The SMILES string of the molecule is CS(C)(C)c1ccc(CNCCc2ccc(O)cc2)cc1. The molecule has 0 amide bonds. The molecule has 0 unspecified atom stereocenters. The average Bonchev–Trinajstić information content (AvgIpc) is 2.45. The van der Waals surface area contributed by atoms with Gasteiger partial charge in [-0.1, -0.05) is 24.3 Å². The van der Waals surface area contributed by atoms with E-state index in [0.29, 0.717) is 5.75 Å². The van der Waals surface area contributed by atoms with Gasteiger partial charge in [0.1, 0.15) is 5.75 Å². The van der Waals surface area contributed by atoms with Crippen molar-refractivity contribution in [1.82, 2.24) is 5.32 Å². The first-order valence-electron chi connectivity index (χ1n) is 7.21. The summed E-state index contributed by atoms with van der Waals surface area (Å²) in [4.78, 5) is 1.45. The standard InChI is InChI=1S/C18H25NOS/c1-21(2,3)18-10-6-16(7-11-18)14-19-13-12-15-4-8-17(20)9-5-15/h4-11,19-20H,12-14H2,1-3H3. The number of aromatic hydroxyl groups is 1. The van der Waals surface area contributed by atoms with Gasteiger partial charge >= 0.3 is 0 Å². The quantitative estimate of drug-likeness (QED) is 0.796. The van der Waals surface area contributed by atoms with Gasteiger partial charge in [-0.3, -0.25) is 0 Å². The molecule has 21 heavy (non-hydrogen) atoms. The summed E-state index contributed by atoms with van der Waals surface area (Å²) in [5, 5.41) is 12.7. The Labute approximate surface area is 129 Å². The fourth-order valence-electron chi connectivity index (χ4n) is 2.14. The number of phenolic OH excluding ortho intramolecular Hbond substituents is 1. The number of hydrogen-bond acceptors (Lipinski definition) is 2. The highest BCUT2D eigenvalue weighted by atomic mass is 32.3. The molecule has 2 aromatic carbocycles. The van der Waals surface area contributed by atoms with Gasteiger partial charge in [-0.2, -0.15) is 0 Å². The maximum Gasteiger partial charge on any atom is 0.115 e. The van der Waals surface area contributed by atoms with Crippen molar-refractivity contribution in [2.24, 2.45) is 0 Å². The van der Waals surface area contributed by atoms with E-state index in [4.69, 9.17) is 0 Å². The fourth-order valence-corrected chi connectivity index (χ4v) is 3.10. The summed E-state index contributed by atoms with van der Waals surface area (Å²) in [7, 11) is -0.625. The third kappa shape index (κ3) is 5.10. The van der Waals surface area contributed by atoms with Crippen LogP contribution in [0.1, 0.15) is 11.1 Å². The Kier molecular flexibility index (Phi) is 5.32. The Morgan fingerprint density at radius 2 is 1.43 bits per heavy atom. The molecule has 2 aromatic rings. The largest absolute Gasteiger partial charge is 0.508 e. The van der Waals surface area contributed by atoms with Crippen molar-refractivity contribution in [1.29, 1.82) is 0 Å². The maximum absolute atomic E-state index is 9.24. The van der Waals surface area contributed by atoms with Crippen molar-refractivity contribution >= 4 is 10.0 Å². The minimum absolute atomic E-state index is 0.327. The van der Waals surface area contributed by atoms with Gasteiger partial charge in [0.15, 0.2) is 0 Å². The summed E-state index contributed by atoms with van der Waals surface area (Å²) in [6.45, 7) is 1.84. The summed E-state index contributed by atoms with van der Waals surface area (Å²) < 4.78 is 0. The summed E-state index contributed by atoms with van der Waals surface area (Å²) in [5.41, 5.74) is 2.57. The van der Waals surface area contributed by atoms with Gasteiger partial charge in [-0.05, 0) is 72.0 Å². The topological polar surface area (TPSA) is 32.3 Å². The van der Waals surface area contributed by atoms with E-state index in [1.165, 1.54) is 16.0 Å². The van der Waals surface area contributed by atoms with E-state index in [1.54, 1.807) is 12.1 Å². The van der Waals surface area contributed by atoms with E-state index in [9.17, 15) is 5.11 Å². The molecule has 0 aliphatic rings. The number of rotatable bonds is 6. The number of benzene rings is 2. The molecule has 0 fully saturated rings. The Morgan fingerprint density at radius 3 is 2.00 bits per heavy atom. The normalized spacial score (nSPS) is 12.3. The van der Waals surface area contributed by atoms with Crippen molar-refractivity contribution in [2.45, 2.75) is 17.9 Å². The summed E-state index contributed by atoms with van der Waals surface area (Å²) in [6.07, 6.45) is 7.93. The third-order valence-corrected chi connectivity index (χ3v) is 5.17. The van der Waals surface area contributed by atoms with Gasteiger partial charge in [0.2, 0.25) is 0 Å². The minimum atomic E-state index is -0.625. The molecule has 0 heterocycles. The van der Waals surface area contributed by atoms with E-state index in [2.05, 4.69) is 48.3 Å². The Hall–Kier alpha value is -1.45. The molecular formula is C18H25NOS. The third-order valence-electron chi connectivity index (χ3n) is 3.49. The average molecular weight is 303 g/mol. The van der Waals surface area contributed by atoms with Crippen molar-refractivity contribution in [2.75, 3.05) is 25.3 Å². The van der Waals surface area contributed by atoms with Gasteiger partial charge in [0.25, 0.3) is 0 Å². The molecule has 0 atom stereocenters. The van der Waals surface area contributed by atoms with E-state index < -0.39 is 10.0 Å². The highest BCUT2D eigenvalue weighted by Crippen LogP contribution is 2.44. The minimum Gasteiger partial charge on any atom is -0.508 e. The number of nitrogens with one attached hydrogen (secondary N) is 1. The van der Waals surface area contributed by atoms with E-state index in [0.717, 1.165) is 19.5 Å². The first kappa shape index (κ1) is 15.9. The van der Waals surface area contributed by atoms with Crippen LogP contribution in [0.4, 0.5) is 0 Å². The predicted molar refractivity (Wildman–Crippen MR) is 93.6 cm³/mol. The molecule has 2 nitrogen and oxygen atoms in total. The Balaban J connectivity index is 1.77. The van der Waals surface area contributed by atoms with Gasteiger partial charge in [-0.15, -0.1) is 0 Å². The summed E-state index contributed by atoms with van der Waals surface area (Å²) >= 11 is 0. The molecule has 0 spiro atoms. The van der Waals surface area contributed by atoms with Crippen LogP contribution in [0.25, 0.3) is 0 Å². The fraction of sp³-hybridized carbons (Fsp3) is 0.333. The van der Waals surface area contributed by atoms with E-state index in [-0.39, 0.29) is 0 Å². The molecule has 0 aromatic heterocycles. The highest BCUT2D eigenvalue weighted by Gasteiger charge is 2.06. The second-order valence-corrected chi connectivity index (χ2v) is 10.2. The van der Waals surface area contributed by atoms with Crippen LogP contribution >= 0.6 is 10.0 Å². The van der Waals surface area contributed by atoms with Gasteiger partial charge < -0.3 is 10.4 Å². The first-order chi connectivity index (χ1) is 9.95. The smallest absolute Gasteiger partial charge is 0.115 e. The lowest BCUT2D eigenvalue weighted by Gasteiger charge is -2.25. The van der Waals surface area contributed by atoms with Crippen molar-refractivity contribution in [3.63, 3.8) is 0 Å². The zero-order valence-corrected chi connectivity index (χ0v) is 13.9. The van der Waals surface area contributed by atoms with Crippen LogP contribution in [0.15, 0.2) is 53.4 Å². The zero-order chi connectivity index (χ0) is 15.3. The molecule has 0 aliphatic carbocycles. The molecule has 0 saturated carbocycles. The molecule has 2 rings (SSSR count). The van der Waals surface area contributed by atoms with Crippen molar-refractivity contribution in [3.05, 3.63) is 59.7 Å². The maximum atomic E-state index is 9.24. The zero-order valence-electron chi connectivity index (χ0n) is 13.1. The van der Waals surface area contributed by atoms with E-state index in [1.807, 2.05) is 12.1 Å². The lowest BCUT2D eigenvalue weighted by Crippen LogP contribution is -2.16. The predicted octanol–water partition coefficient (Wildman–Crippen LogP) is 3.78. The van der Waals surface area contributed by atoms with Crippen molar-refractivity contribution < 1.29 is 5.11 Å². The van der Waals surface area contributed by atoms with Crippen LogP contribution < -0.4 is 5.32 Å².